The normalized spacial score (nSPS) is 19.7. The summed E-state index contributed by atoms with van der Waals surface area (Å²) in [5.41, 5.74) is 2.89. The molecule has 2 heterocycles. The maximum Gasteiger partial charge on any atom is 0.253 e. The van der Waals surface area contributed by atoms with Gasteiger partial charge < -0.3 is 14.5 Å². The Bertz CT molecular complexity index is 1230. The maximum absolute atomic E-state index is 13.1. The van der Waals surface area contributed by atoms with Crippen LogP contribution in [0.3, 0.4) is 0 Å². The maximum atomic E-state index is 13.1. The molecule has 3 aliphatic rings. The second kappa shape index (κ2) is 9.23. The fraction of sp³-hybridized carbons (Fsp3) is 0.231. The fourth-order valence-electron chi connectivity index (χ4n) is 4.46. The molecule has 7 nitrogen and oxygen atoms in total. The molecule has 34 heavy (non-hydrogen) atoms. The van der Waals surface area contributed by atoms with Gasteiger partial charge in [-0.05, 0) is 54.7 Å². The quantitative estimate of drug-likeness (QED) is 0.638. The molecule has 0 aromatic heterocycles. The third kappa shape index (κ3) is 4.01. The first-order valence-electron chi connectivity index (χ1n) is 11.2. The van der Waals surface area contributed by atoms with E-state index in [-0.39, 0.29) is 16.9 Å². The number of amides is 2. The minimum absolute atomic E-state index is 0.0283. The molecule has 2 aromatic carbocycles. The number of nitrogens with zero attached hydrogens (tertiary/aromatic N) is 4. The van der Waals surface area contributed by atoms with Gasteiger partial charge in [0, 0.05) is 31.7 Å². The standard InChI is InChI=1S/C26H24N4O3S/c1-33-23-9-5-4-8-22(23)28-14-16-29(17-15-28)24(31)18-10-12-19(13-11-18)30-25(32)20-6-2-3-7-21(20)27-26(30)34/h2-13,20H,14-17H2,1H3. The number of aliphatic imine (C=N–C) groups is 1. The number of carbonyl (C=O) groups is 2. The van der Waals surface area contributed by atoms with Crippen LogP contribution in [-0.4, -0.2) is 60.8 Å². The topological polar surface area (TPSA) is 65.5 Å². The van der Waals surface area contributed by atoms with Gasteiger partial charge in [-0.15, -0.1) is 0 Å². The molecule has 1 atom stereocenters. The second-order valence-corrected chi connectivity index (χ2v) is 8.58. The molecule has 5 rings (SSSR count). The molecule has 0 radical (unpaired) electrons. The van der Waals surface area contributed by atoms with Crippen LogP contribution < -0.4 is 14.5 Å². The lowest BCUT2D eigenvalue weighted by Gasteiger charge is -2.36. The molecule has 2 amide bonds. The summed E-state index contributed by atoms with van der Waals surface area (Å²) in [5.74, 6) is 0.235. The SMILES string of the molecule is COc1ccccc1N1CCN(C(=O)c2ccc(N3C(=O)C4C=CC=CC4=NC3=S)cc2)CC1. The third-order valence-corrected chi connectivity index (χ3v) is 6.54. The molecular weight excluding hydrogens is 448 g/mol. The second-order valence-electron chi connectivity index (χ2n) is 8.21. The zero-order valence-electron chi connectivity index (χ0n) is 18.8. The monoisotopic (exact) mass is 472 g/mol. The summed E-state index contributed by atoms with van der Waals surface area (Å²) < 4.78 is 5.47. The van der Waals surface area contributed by atoms with Crippen molar-refractivity contribution in [3.8, 4) is 5.75 Å². The predicted octanol–water partition coefficient (Wildman–Crippen LogP) is 3.47. The molecule has 2 aliphatic heterocycles. The molecule has 2 aromatic rings. The van der Waals surface area contributed by atoms with Crippen molar-refractivity contribution in [1.82, 2.24) is 4.90 Å². The molecule has 0 spiro atoms. The van der Waals surface area contributed by atoms with E-state index in [2.05, 4.69) is 9.89 Å². The lowest BCUT2D eigenvalue weighted by atomic mass is 9.95. The number of methoxy groups -OCH3 is 1. The average Bonchev–Trinajstić information content (AvgIpc) is 2.89. The van der Waals surface area contributed by atoms with Crippen molar-refractivity contribution >= 4 is 46.2 Å². The lowest BCUT2D eigenvalue weighted by Crippen LogP contribution is -2.49. The molecular formula is C26H24N4O3S. The number of anilines is 2. The minimum Gasteiger partial charge on any atom is -0.495 e. The van der Waals surface area contributed by atoms with Crippen molar-refractivity contribution in [1.29, 1.82) is 0 Å². The number of hydrogen-bond acceptors (Lipinski definition) is 5. The highest BCUT2D eigenvalue weighted by molar-refractivity contribution is 7.80. The van der Waals surface area contributed by atoms with Crippen LogP contribution in [0.25, 0.3) is 0 Å². The first-order valence-corrected chi connectivity index (χ1v) is 11.6. The van der Waals surface area contributed by atoms with Gasteiger partial charge in [0.15, 0.2) is 0 Å². The molecule has 1 fully saturated rings. The number of thiocarbonyl (C=S) groups is 1. The Labute approximate surface area is 203 Å². The Kier molecular flexibility index (Phi) is 5.98. The Balaban J connectivity index is 1.26. The average molecular weight is 473 g/mol. The number of carbonyl (C=O) groups excluding carboxylic acids is 2. The predicted molar refractivity (Wildman–Crippen MR) is 137 cm³/mol. The first kappa shape index (κ1) is 22.0. The van der Waals surface area contributed by atoms with Crippen molar-refractivity contribution in [3.05, 3.63) is 78.4 Å². The smallest absolute Gasteiger partial charge is 0.253 e. The van der Waals surface area contributed by atoms with Gasteiger partial charge >= 0.3 is 0 Å². The fourth-order valence-corrected chi connectivity index (χ4v) is 4.76. The van der Waals surface area contributed by atoms with Crippen LogP contribution in [0.4, 0.5) is 11.4 Å². The van der Waals surface area contributed by atoms with E-state index < -0.39 is 5.92 Å². The van der Waals surface area contributed by atoms with Crippen LogP contribution in [0.5, 0.6) is 5.75 Å². The van der Waals surface area contributed by atoms with E-state index in [0.717, 1.165) is 24.5 Å². The molecule has 1 aliphatic carbocycles. The Morgan fingerprint density at radius 3 is 2.50 bits per heavy atom. The summed E-state index contributed by atoms with van der Waals surface area (Å²) in [7, 11) is 1.67. The summed E-state index contributed by atoms with van der Waals surface area (Å²) in [5, 5.41) is 0.211. The van der Waals surface area contributed by atoms with Gasteiger partial charge in [-0.3, -0.25) is 14.5 Å². The van der Waals surface area contributed by atoms with Crippen molar-refractivity contribution in [2.75, 3.05) is 43.1 Å². The first-order chi connectivity index (χ1) is 16.6. The summed E-state index contributed by atoms with van der Waals surface area (Å²) >= 11 is 5.38. The summed E-state index contributed by atoms with van der Waals surface area (Å²) in [6, 6.07) is 14.9. The molecule has 0 N–H and O–H groups in total. The van der Waals surface area contributed by atoms with Gasteiger partial charge in [-0.2, -0.15) is 0 Å². The van der Waals surface area contributed by atoms with Crippen molar-refractivity contribution < 1.29 is 14.3 Å². The zero-order chi connectivity index (χ0) is 23.7. The van der Waals surface area contributed by atoms with Crippen molar-refractivity contribution in [2.24, 2.45) is 10.9 Å². The number of fused-ring (bicyclic) bond motifs is 1. The van der Waals surface area contributed by atoms with Gasteiger partial charge in [-0.25, -0.2) is 4.99 Å². The molecule has 0 bridgehead atoms. The van der Waals surface area contributed by atoms with Crippen molar-refractivity contribution in [3.63, 3.8) is 0 Å². The van der Waals surface area contributed by atoms with Gasteiger partial charge in [-0.1, -0.05) is 30.4 Å². The zero-order valence-corrected chi connectivity index (χ0v) is 19.6. The lowest BCUT2D eigenvalue weighted by molar-refractivity contribution is -0.118. The summed E-state index contributed by atoms with van der Waals surface area (Å²) in [6.07, 6.45) is 7.31. The third-order valence-electron chi connectivity index (χ3n) is 6.27. The van der Waals surface area contributed by atoms with E-state index in [1.165, 1.54) is 4.90 Å². The Morgan fingerprint density at radius 1 is 1.03 bits per heavy atom. The molecule has 8 heteroatoms. The van der Waals surface area contributed by atoms with Crippen LogP contribution >= 0.6 is 12.2 Å². The van der Waals surface area contributed by atoms with Crippen LogP contribution in [0, 0.1) is 5.92 Å². The van der Waals surface area contributed by atoms with Gasteiger partial charge in [0.2, 0.25) is 11.0 Å². The highest BCUT2D eigenvalue weighted by atomic mass is 32.1. The summed E-state index contributed by atoms with van der Waals surface area (Å²) in [4.78, 5) is 36.1. The minimum atomic E-state index is -0.433. The van der Waals surface area contributed by atoms with Crippen LogP contribution in [0.15, 0.2) is 77.8 Å². The number of hydrogen-bond donors (Lipinski definition) is 0. The highest BCUT2D eigenvalue weighted by Gasteiger charge is 2.34. The van der Waals surface area contributed by atoms with E-state index in [4.69, 9.17) is 17.0 Å². The number of allylic oxidation sites excluding steroid dienone is 3. The van der Waals surface area contributed by atoms with Crippen molar-refractivity contribution in [2.45, 2.75) is 0 Å². The van der Waals surface area contributed by atoms with Crippen LogP contribution in [0.2, 0.25) is 0 Å². The molecule has 1 saturated heterocycles. The number of rotatable bonds is 4. The van der Waals surface area contributed by atoms with Gasteiger partial charge in [0.05, 0.1) is 30.1 Å². The number of para-hydroxylation sites is 2. The van der Waals surface area contributed by atoms with E-state index in [0.29, 0.717) is 30.1 Å². The number of benzene rings is 2. The Morgan fingerprint density at radius 2 is 1.76 bits per heavy atom. The van der Waals surface area contributed by atoms with Gasteiger partial charge in [0.1, 0.15) is 5.75 Å². The Hall–Kier alpha value is -3.78. The van der Waals surface area contributed by atoms with E-state index in [1.54, 1.807) is 31.4 Å². The van der Waals surface area contributed by atoms with E-state index >= 15 is 0 Å². The summed E-state index contributed by atoms with van der Waals surface area (Å²) in [6.45, 7) is 2.69. The molecule has 172 valence electrons. The highest BCUT2D eigenvalue weighted by Crippen LogP contribution is 2.29. The van der Waals surface area contributed by atoms with Gasteiger partial charge in [0.25, 0.3) is 5.91 Å². The van der Waals surface area contributed by atoms with Crippen LogP contribution in [-0.2, 0) is 4.79 Å². The van der Waals surface area contributed by atoms with Crippen LogP contribution in [0.1, 0.15) is 10.4 Å². The van der Waals surface area contributed by atoms with E-state index in [1.807, 2.05) is 53.5 Å². The number of ether oxygens (including phenoxy) is 1. The molecule has 0 saturated carbocycles. The largest absolute Gasteiger partial charge is 0.495 e. The van der Waals surface area contributed by atoms with E-state index in [9.17, 15) is 9.59 Å². The number of piperazine rings is 1. The molecule has 1 unspecified atom stereocenters.